The Labute approximate surface area is 256 Å². The molecule has 0 spiro atoms. The Bertz CT molecular complexity index is 1830. The van der Waals surface area contributed by atoms with E-state index < -0.39 is 35.7 Å². The number of anilines is 1. The Morgan fingerprint density at radius 1 is 1.04 bits per heavy atom. The lowest BCUT2D eigenvalue weighted by atomic mass is 10.0. The molecule has 2 aliphatic heterocycles. The van der Waals surface area contributed by atoms with Gasteiger partial charge in [0, 0.05) is 36.6 Å². The maximum atomic E-state index is 14.8. The number of alkyl halides is 3. The molecule has 2 fully saturated rings. The van der Waals surface area contributed by atoms with Gasteiger partial charge in [0.05, 0.1) is 5.69 Å². The quantitative estimate of drug-likeness (QED) is 0.337. The molecule has 45 heavy (non-hydrogen) atoms. The van der Waals surface area contributed by atoms with Gasteiger partial charge in [-0.15, -0.1) is 0 Å². The topological polar surface area (TPSA) is 117 Å². The van der Waals surface area contributed by atoms with Gasteiger partial charge in [0.15, 0.2) is 11.3 Å². The summed E-state index contributed by atoms with van der Waals surface area (Å²) in [7, 11) is 1.98. The highest BCUT2D eigenvalue weighted by Crippen LogP contribution is 2.36. The molecule has 0 aliphatic carbocycles. The van der Waals surface area contributed by atoms with Crippen LogP contribution >= 0.6 is 0 Å². The number of rotatable bonds is 5. The first-order valence-electron chi connectivity index (χ1n) is 14.8. The number of ether oxygens (including phenoxy) is 1. The number of halogens is 3. The van der Waals surface area contributed by atoms with Gasteiger partial charge in [0.25, 0.3) is 5.56 Å². The van der Waals surface area contributed by atoms with E-state index in [4.69, 9.17) is 4.74 Å². The minimum absolute atomic E-state index is 0.0105. The average Bonchev–Trinajstić information content (AvgIpc) is 3.39. The fourth-order valence-corrected chi connectivity index (χ4v) is 6.64. The van der Waals surface area contributed by atoms with Crippen molar-refractivity contribution in [3.8, 4) is 11.7 Å². The van der Waals surface area contributed by atoms with Crippen LogP contribution in [0.25, 0.3) is 27.5 Å². The Kier molecular flexibility index (Phi) is 7.79. The fourth-order valence-electron chi connectivity index (χ4n) is 6.64. The molecule has 3 atom stereocenters. The zero-order chi connectivity index (χ0) is 32.2. The molecule has 1 amide bonds. The summed E-state index contributed by atoms with van der Waals surface area (Å²) in [5.74, 6) is -1.42. The second-order valence-electron chi connectivity index (χ2n) is 11.9. The minimum atomic E-state index is -5.02. The molecule has 11 nitrogen and oxygen atoms in total. The van der Waals surface area contributed by atoms with E-state index in [-0.39, 0.29) is 54.3 Å². The highest BCUT2D eigenvalue weighted by Gasteiger charge is 2.41. The predicted octanol–water partition coefficient (Wildman–Crippen LogP) is 4.71. The second-order valence-corrected chi connectivity index (χ2v) is 11.9. The molecule has 14 heteroatoms. The normalized spacial score (nSPS) is 21.2. The SMILES string of the molecule is Cc1cccc2cccc(-n3c(C(F)(F)F)nc4c(N5[C@@H](C)CN(C(=O)O)C[C@@H]5C)nc(OC[C@@H]5CCCN5C)nc4c3=O)c12. The number of carboxylic acid groups (broad SMARTS) is 1. The van der Waals surface area contributed by atoms with Crippen LogP contribution in [0.4, 0.5) is 23.8 Å². The van der Waals surface area contributed by atoms with E-state index in [2.05, 4.69) is 19.9 Å². The van der Waals surface area contributed by atoms with Gasteiger partial charge in [0.1, 0.15) is 12.1 Å². The third-order valence-electron chi connectivity index (χ3n) is 8.78. The highest BCUT2D eigenvalue weighted by molar-refractivity contribution is 5.94. The number of benzene rings is 2. The van der Waals surface area contributed by atoms with Crippen LogP contribution in [0.3, 0.4) is 0 Å². The summed E-state index contributed by atoms with van der Waals surface area (Å²) < 4.78 is 51.1. The maximum absolute atomic E-state index is 14.8. The number of likely N-dealkylation sites (tertiary alicyclic amines) is 1. The zero-order valence-corrected chi connectivity index (χ0v) is 25.4. The summed E-state index contributed by atoms with van der Waals surface area (Å²) in [4.78, 5) is 44.2. The fraction of sp³-hybridized carbons (Fsp3) is 0.452. The Morgan fingerprint density at radius 3 is 2.36 bits per heavy atom. The van der Waals surface area contributed by atoms with E-state index in [0.717, 1.165) is 19.4 Å². The van der Waals surface area contributed by atoms with Crippen LogP contribution in [-0.4, -0.2) is 91.9 Å². The molecule has 4 aromatic rings. The molecule has 2 saturated heterocycles. The molecule has 0 bridgehead atoms. The molecule has 0 unspecified atom stereocenters. The number of hydrogen-bond donors (Lipinski definition) is 1. The predicted molar refractivity (Wildman–Crippen MR) is 162 cm³/mol. The van der Waals surface area contributed by atoms with Gasteiger partial charge in [-0.1, -0.05) is 30.3 Å². The van der Waals surface area contributed by atoms with Gasteiger partial charge >= 0.3 is 18.3 Å². The molecule has 2 aromatic carbocycles. The number of hydrogen-bond acceptors (Lipinski definition) is 8. The molecular weight excluding hydrogens is 591 g/mol. The Balaban J connectivity index is 1.61. The average molecular weight is 626 g/mol. The van der Waals surface area contributed by atoms with Crippen LogP contribution in [0.1, 0.15) is 38.1 Å². The van der Waals surface area contributed by atoms with Crippen molar-refractivity contribution in [3.05, 3.63) is 58.1 Å². The standard InChI is InChI=1S/C31H34F3N7O4/c1-17-8-5-9-20-10-6-12-22(23(17)20)41-27(42)25-24(35-28(41)31(32,33)34)26(40-18(2)14-39(30(43)44)15-19(40)3)37-29(36-25)45-16-21-11-7-13-38(21)4/h5-6,8-10,12,18-19,21H,7,11,13-16H2,1-4H3,(H,43,44)/t18-,19-,21-/m0/s1. The lowest BCUT2D eigenvalue weighted by Gasteiger charge is -2.44. The van der Waals surface area contributed by atoms with Crippen molar-refractivity contribution < 1.29 is 27.8 Å². The van der Waals surface area contributed by atoms with Crippen LogP contribution in [0.2, 0.25) is 0 Å². The lowest BCUT2D eigenvalue weighted by Crippen LogP contribution is -2.58. The minimum Gasteiger partial charge on any atom is -0.465 e. The first-order valence-corrected chi connectivity index (χ1v) is 14.8. The van der Waals surface area contributed by atoms with E-state index >= 15 is 0 Å². The first-order chi connectivity index (χ1) is 21.3. The summed E-state index contributed by atoms with van der Waals surface area (Å²) in [5, 5.41) is 10.8. The van der Waals surface area contributed by atoms with E-state index in [9.17, 15) is 27.9 Å². The van der Waals surface area contributed by atoms with E-state index in [1.54, 1.807) is 56.0 Å². The van der Waals surface area contributed by atoms with E-state index in [1.807, 2.05) is 7.05 Å². The maximum Gasteiger partial charge on any atom is 0.450 e. The number of likely N-dealkylation sites (N-methyl/N-ethyl adjacent to an activating group) is 1. The van der Waals surface area contributed by atoms with Gasteiger partial charge in [-0.05, 0) is 64.2 Å². The number of fused-ring (bicyclic) bond motifs is 2. The third kappa shape index (κ3) is 5.51. The number of nitrogens with zero attached hydrogens (tertiary/aromatic N) is 7. The lowest BCUT2D eigenvalue weighted by molar-refractivity contribution is -0.146. The summed E-state index contributed by atoms with van der Waals surface area (Å²) in [6.45, 7) is 6.55. The van der Waals surface area contributed by atoms with Crippen LogP contribution in [0, 0.1) is 6.92 Å². The summed E-state index contributed by atoms with van der Waals surface area (Å²) in [6, 6.07) is 9.08. The van der Waals surface area contributed by atoms with Crippen molar-refractivity contribution in [2.24, 2.45) is 0 Å². The van der Waals surface area contributed by atoms with Crippen LogP contribution in [0.15, 0.2) is 41.2 Å². The monoisotopic (exact) mass is 625 g/mol. The third-order valence-corrected chi connectivity index (χ3v) is 8.78. The van der Waals surface area contributed by atoms with Gasteiger partial charge in [-0.2, -0.15) is 23.1 Å². The summed E-state index contributed by atoms with van der Waals surface area (Å²) >= 11 is 0. The molecule has 2 aliphatic rings. The molecule has 0 saturated carbocycles. The number of amides is 1. The highest BCUT2D eigenvalue weighted by atomic mass is 19.4. The van der Waals surface area contributed by atoms with Crippen LogP contribution < -0.4 is 15.2 Å². The van der Waals surface area contributed by atoms with Crippen LogP contribution in [-0.2, 0) is 6.18 Å². The van der Waals surface area contributed by atoms with Crippen molar-refractivity contribution in [3.63, 3.8) is 0 Å². The number of piperazine rings is 1. The smallest absolute Gasteiger partial charge is 0.450 e. The number of aromatic nitrogens is 4. The second kappa shape index (κ2) is 11.5. The first kappa shape index (κ1) is 30.6. The van der Waals surface area contributed by atoms with Crippen LogP contribution in [0.5, 0.6) is 6.01 Å². The molecular formula is C31H34F3N7O4. The van der Waals surface area contributed by atoms with E-state index in [1.165, 1.54) is 11.0 Å². The Morgan fingerprint density at radius 2 is 1.73 bits per heavy atom. The van der Waals surface area contributed by atoms with Gasteiger partial charge in [-0.3, -0.25) is 9.36 Å². The number of carbonyl (C=O) groups is 1. The van der Waals surface area contributed by atoms with Crippen molar-refractivity contribution in [2.75, 3.05) is 38.2 Å². The van der Waals surface area contributed by atoms with Crippen molar-refractivity contribution >= 4 is 33.7 Å². The van der Waals surface area contributed by atoms with Crippen molar-refractivity contribution in [1.29, 1.82) is 0 Å². The largest absolute Gasteiger partial charge is 0.465 e. The molecule has 0 radical (unpaired) electrons. The molecule has 1 N–H and O–H groups in total. The molecule has 2 aromatic heterocycles. The van der Waals surface area contributed by atoms with Gasteiger partial charge < -0.3 is 24.5 Å². The number of aryl methyl sites for hydroxylation is 1. The van der Waals surface area contributed by atoms with Gasteiger partial charge in [0.2, 0.25) is 5.82 Å². The molecule has 6 rings (SSSR count). The van der Waals surface area contributed by atoms with Crippen molar-refractivity contribution in [1.82, 2.24) is 29.3 Å². The van der Waals surface area contributed by atoms with Gasteiger partial charge in [-0.25, -0.2) is 9.78 Å². The summed E-state index contributed by atoms with van der Waals surface area (Å²) in [5.41, 5.74) is -0.944. The summed E-state index contributed by atoms with van der Waals surface area (Å²) in [6.07, 6.45) is -4.23. The molecule has 4 heterocycles. The zero-order valence-electron chi connectivity index (χ0n) is 25.4. The Hall–Kier alpha value is -4.46. The van der Waals surface area contributed by atoms with E-state index in [0.29, 0.717) is 20.9 Å². The molecule has 238 valence electrons. The van der Waals surface area contributed by atoms with Crippen molar-refractivity contribution in [2.45, 2.75) is 57.9 Å².